The van der Waals surface area contributed by atoms with Crippen LogP contribution in [-0.4, -0.2) is 40.5 Å². The fourth-order valence-electron chi connectivity index (χ4n) is 3.64. The van der Waals surface area contributed by atoms with Gasteiger partial charge in [-0.15, -0.1) is 12.4 Å². The van der Waals surface area contributed by atoms with Crippen LogP contribution in [0, 0.1) is 16.0 Å². The van der Waals surface area contributed by atoms with Gasteiger partial charge >= 0.3 is 0 Å². The van der Waals surface area contributed by atoms with Crippen molar-refractivity contribution in [3.05, 3.63) is 75.8 Å². The van der Waals surface area contributed by atoms with Gasteiger partial charge in [-0.1, -0.05) is 36.4 Å². The van der Waals surface area contributed by atoms with E-state index in [-0.39, 0.29) is 28.8 Å². The number of hydrogen-bond acceptors (Lipinski definition) is 5. The number of benzene rings is 2. The summed E-state index contributed by atoms with van der Waals surface area (Å²) in [5, 5.41) is 16.7. The molecule has 166 valence electrons. The number of nitro groups is 1. The fourth-order valence-corrected chi connectivity index (χ4v) is 3.84. The molecule has 1 amide bonds. The third-order valence-electron chi connectivity index (χ3n) is 5.34. The summed E-state index contributed by atoms with van der Waals surface area (Å²) in [5.74, 6) is 0.185. The molecule has 9 heteroatoms. The number of nitrogens with one attached hydrogen (secondary N) is 2. The Kier molecular flexibility index (Phi) is 9.84. The molecule has 0 spiro atoms. The topological polar surface area (TPSA) is 87.5 Å². The Hall–Kier alpha value is -2.55. The number of nitro benzene ring substituents is 1. The monoisotopic (exact) mass is 462 g/mol. The molecule has 0 radical (unpaired) electrons. The Morgan fingerprint density at radius 1 is 1.13 bits per heavy atom. The Morgan fingerprint density at radius 2 is 1.84 bits per heavy atom. The van der Waals surface area contributed by atoms with Gasteiger partial charge in [0.2, 0.25) is 0 Å². The van der Waals surface area contributed by atoms with Gasteiger partial charge in [0.25, 0.3) is 11.6 Å². The SMILES string of the molecule is Cl.O=C(NC(=S)NCCC1CCN(Cc2ccccc2)CC1)c1cccc([N+](=O)[O-])c1. The number of thiocarbonyl (C=S) groups is 1. The second kappa shape index (κ2) is 12.3. The summed E-state index contributed by atoms with van der Waals surface area (Å²) < 4.78 is 0. The van der Waals surface area contributed by atoms with Crippen molar-refractivity contribution in [2.24, 2.45) is 5.92 Å². The Balaban J connectivity index is 0.00000341. The first-order chi connectivity index (χ1) is 14.5. The lowest BCUT2D eigenvalue weighted by atomic mass is 9.93. The first-order valence-electron chi connectivity index (χ1n) is 10.1. The zero-order valence-electron chi connectivity index (χ0n) is 17.2. The maximum Gasteiger partial charge on any atom is 0.270 e. The number of non-ortho nitro benzene ring substituents is 1. The second-order valence-electron chi connectivity index (χ2n) is 7.51. The molecule has 1 heterocycles. The molecular weight excluding hydrogens is 436 g/mol. The minimum atomic E-state index is -0.529. The van der Waals surface area contributed by atoms with Crippen molar-refractivity contribution >= 4 is 41.3 Å². The maximum absolute atomic E-state index is 12.2. The van der Waals surface area contributed by atoms with Gasteiger partial charge in [-0.05, 0) is 62.1 Å². The fraction of sp³-hybridized carbons (Fsp3) is 0.364. The predicted molar refractivity (Wildman–Crippen MR) is 127 cm³/mol. The van der Waals surface area contributed by atoms with Gasteiger partial charge in [0.15, 0.2) is 5.11 Å². The lowest BCUT2D eigenvalue weighted by Gasteiger charge is -2.32. The highest BCUT2D eigenvalue weighted by Crippen LogP contribution is 2.21. The summed E-state index contributed by atoms with van der Waals surface area (Å²) in [6, 6.07) is 16.1. The molecule has 0 saturated carbocycles. The number of carbonyl (C=O) groups excluding carboxylic acids is 1. The van der Waals surface area contributed by atoms with Crippen LogP contribution in [0.5, 0.6) is 0 Å². The summed E-state index contributed by atoms with van der Waals surface area (Å²) >= 11 is 5.19. The van der Waals surface area contributed by atoms with E-state index in [0.717, 1.165) is 38.9 Å². The van der Waals surface area contributed by atoms with E-state index in [0.29, 0.717) is 12.5 Å². The molecule has 1 aliphatic heterocycles. The normalized spacial score (nSPS) is 14.3. The zero-order chi connectivity index (χ0) is 21.3. The van der Waals surface area contributed by atoms with Crippen LogP contribution in [0.2, 0.25) is 0 Å². The number of carbonyl (C=O) groups is 1. The average Bonchev–Trinajstić information content (AvgIpc) is 2.76. The van der Waals surface area contributed by atoms with Crippen molar-refractivity contribution in [2.45, 2.75) is 25.8 Å². The molecule has 0 atom stereocenters. The quantitative estimate of drug-likeness (QED) is 0.368. The molecule has 3 rings (SSSR count). The summed E-state index contributed by atoms with van der Waals surface area (Å²) in [5.41, 5.74) is 1.43. The van der Waals surface area contributed by atoms with Crippen LogP contribution in [0.4, 0.5) is 5.69 Å². The molecule has 2 aromatic carbocycles. The average molecular weight is 463 g/mol. The molecule has 7 nitrogen and oxygen atoms in total. The number of amides is 1. The number of nitrogens with zero attached hydrogens (tertiary/aromatic N) is 2. The second-order valence-corrected chi connectivity index (χ2v) is 7.92. The maximum atomic E-state index is 12.2. The molecule has 0 bridgehead atoms. The van der Waals surface area contributed by atoms with Crippen LogP contribution in [0.3, 0.4) is 0 Å². The minimum Gasteiger partial charge on any atom is -0.362 e. The van der Waals surface area contributed by atoms with Crippen molar-refractivity contribution in [2.75, 3.05) is 19.6 Å². The van der Waals surface area contributed by atoms with E-state index in [1.165, 1.54) is 29.8 Å². The molecular formula is C22H27ClN4O3S. The van der Waals surface area contributed by atoms with E-state index in [1.54, 1.807) is 0 Å². The summed E-state index contributed by atoms with van der Waals surface area (Å²) in [6.45, 7) is 3.87. The van der Waals surface area contributed by atoms with Crippen molar-refractivity contribution < 1.29 is 9.72 Å². The van der Waals surface area contributed by atoms with E-state index in [9.17, 15) is 14.9 Å². The van der Waals surface area contributed by atoms with Gasteiger partial charge in [0, 0.05) is 30.8 Å². The van der Waals surface area contributed by atoms with Crippen LogP contribution in [0.25, 0.3) is 0 Å². The summed E-state index contributed by atoms with van der Waals surface area (Å²) in [7, 11) is 0. The van der Waals surface area contributed by atoms with E-state index >= 15 is 0 Å². The van der Waals surface area contributed by atoms with Crippen molar-refractivity contribution in [1.29, 1.82) is 0 Å². The van der Waals surface area contributed by atoms with E-state index in [1.807, 2.05) is 6.07 Å². The number of likely N-dealkylation sites (tertiary alicyclic amines) is 1. The van der Waals surface area contributed by atoms with Crippen LogP contribution in [0.15, 0.2) is 54.6 Å². The predicted octanol–water partition coefficient (Wildman–Crippen LogP) is 3.92. The van der Waals surface area contributed by atoms with Gasteiger partial charge in [-0.25, -0.2) is 0 Å². The number of piperidine rings is 1. The van der Waals surface area contributed by atoms with E-state index < -0.39 is 10.8 Å². The first-order valence-corrected chi connectivity index (χ1v) is 10.5. The zero-order valence-corrected chi connectivity index (χ0v) is 18.8. The van der Waals surface area contributed by atoms with E-state index in [4.69, 9.17) is 12.2 Å². The first kappa shape index (κ1) is 24.7. The molecule has 2 N–H and O–H groups in total. The van der Waals surface area contributed by atoms with Crippen LogP contribution in [-0.2, 0) is 6.54 Å². The molecule has 0 aromatic heterocycles. The number of halogens is 1. The Bertz CT molecular complexity index is 889. The lowest BCUT2D eigenvalue weighted by molar-refractivity contribution is -0.384. The highest BCUT2D eigenvalue weighted by atomic mass is 35.5. The van der Waals surface area contributed by atoms with Crippen molar-refractivity contribution in [3.63, 3.8) is 0 Å². The standard InChI is InChI=1S/C22H26N4O3S.ClH/c27-21(19-7-4-8-20(15-19)26(28)29)24-22(30)23-12-9-17-10-13-25(14-11-17)16-18-5-2-1-3-6-18;/h1-8,15,17H,9-14,16H2,(H2,23,24,27,30);1H. The molecule has 1 aliphatic rings. The largest absolute Gasteiger partial charge is 0.362 e. The molecule has 1 saturated heterocycles. The van der Waals surface area contributed by atoms with Gasteiger partial charge in [-0.2, -0.15) is 0 Å². The van der Waals surface area contributed by atoms with Crippen molar-refractivity contribution in [3.8, 4) is 0 Å². The molecule has 1 fully saturated rings. The number of hydrogen-bond donors (Lipinski definition) is 2. The van der Waals surface area contributed by atoms with Crippen LogP contribution >= 0.6 is 24.6 Å². The lowest BCUT2D eigenvalue weighted by Crippen LogP contribution is -2.40. The highest BCUT2D eigenvalue weighted by Gasteiger charge is 2.19. The molecule has 0 aliphatic carbocycles. The molecule has 31 heavy (non-hydrogen) atoms. The Morgan fingerprint density at radius 3 is 2.52 bits per heavy atom. The number of rotatable bonds is 7. The van der Waals surface area contributed by atoms with Gasteiger partial charge in [0.05, 0.1) is 4.92 Å². The molecule has 0 unspecified atom stereocenters. The summed E-state index contributed by atoms with van der Waals surface area (Å²) in [4.78, 5) is 25.0. The van der Waals surface area contributed by atoms with Gasteiger partial charge in [0.1, 0.15) is 0 Å². The third kappa shape index (κ3) is 7.90. The van der Waals surface area contributed by atoms with Crippen molar-refractivity contribution in [1.82, 2.24) is 15.5 Å². The molecule has 2 aromatic rings. The third-order valence-corrected chi connectivity index (χ3v) is 5.59. The van der Waals surface area contributed by atoms with Crippen LogP contribution < -0.4 is 10.6 Å². The minimum absolute atomic E-state index is 0. The van der Waals surface area contributed by atoms with Gasteiger partial charge in [-0.3, -0.25) is 25.1 Å². The summed E-state index contributed by atoms with van der Waals surface area (Å²) in [6.07, 6.45) is 3.30. The Labute approximate surface area is 193 Å². The smallest absolute Gasteiger partial charge is 0.270 e. The van der Waals surface area contributed by atoms with E-state index in [2.05, 4.69) is 39.8 Å². The van der Waals surface area contributed by atoms with Crippen LogP contribution in [0.1, 0.15) is 35.2 Å². The van der Waals surface area contributed by atoms with Gasteiger partial charge < -0.3 is 5.32 Å². The highest BCUT2D eigenvalue weighted by molar-refractivity contribution is 7.80.